The van der Waals surface area contributed by atoms with Crippen LogP contribution in [-0.2, 0) is 9.53 Å². The summed E-state index contributed by atoms with van der Waals surface area (Å²) in [5.41, 5.74) is 3.18. The van der Waals surface area contributed by atoms with Gasteiger partial charge in [0.15, 0.2) is 0 Å². The van der Waals surface area contributed by atoms with E-state index in [0.29, 0.717) is 5.92 Å². The lowest BCUT2D eigenvalue weighted by Gasteiger charge is -2.35. The first kappa shape index (κ1) is 26.3. The summed E-state index contributed by atoms with van der Waals surface area (Å²) in [5, 5.41) is 11.0. The first-order valence-electron chi connectivity index (χ1n) is 14.5. The van der Waals surface area contributed by atoms with Crippen LogP contribution >= 0.6 is 11.3 Å². The molecule has 206 valence electrons. The molecule has 1 aliphatic heterocycles. The Balaban J connectivity index is 1.03. The molecule has 9 heteroatoms. The van der Waals surface area contributed by atoms with Crippen molar-refractivity contribution in [3.63, 3.8) is 0 Å². The molecule has 8 nitrogen and oxygen atoms in total. The van der Waals surface area contributed by atoms with Crippen LogP contribution in [0.3, 0.4) is 0 Å². The lowest BCUT2D eigenvalue weighted by atomic mass is 9.82. The molecule has 0 bridgehead atoms. The van der Waals surface area contributed by atoms with Crippen molar-refractivity contribution >= 4 is 23.3 Å². The number of hydrogen-bond donors (Lipinski definition) is 0. The molecule has 39 heavy (non-hydrogen) atoms. The van der Waals surface area contributed by atoms with Gasteiger partial charge in [-0.15, -0.1) is 10.2 Å². The van der Waals surface area contributed by atoms with E-state index in [1.165, 1.54) is 39.3 Å². The van der Waals surface area contributed by atoms with E-state index in [2.05, 4.69) is 44.3 Å². The molecule has 2 aromatic heterocycles. The minimum atomic E-state index is -0.0841. The minimum Gasteiger partial charge on any atom is -0.469 e. The van der Waals surface area contributed by atoms with E-state index < -0.39 is 0 Å². The van der Waals surface area contributed by atoms with Crippen LogP contribution in [-0.4, -0.2) is 70.9 Å². The molecule has 3 fully saturated rings. The second-order valence-electron chi connectivity index (χ2n) is 11.3. The van der Waals surface area contributed by atoms with Gasteiger partial charge in [0.1, 0.15) is 10.0 Å². The molecule has 3 aliphatic rings. The normalized spacial score (nSPS) is 22.7. The fourth-order valence-electron chi connectivity index (χ4n) is 6.39. The van der Waals surface area contributed by atoms with Gasteiger partial charge in [-0.1, -0.05) is 48.4 Å². The van der Waals surface area contributed by atoms with E-state index >= 15 is 0 Å². The molecule has 3 aromatic rings. The van der Waals surface area contributed by atoms with Crippen molar-refractivity contribution in [2.75, 3.05) is 44.7 Å². The summed E-state index contributed by atoms with van der Waals surface area (Å²) in [7, 11) is 1.47. The van der Waals surface area contributed by atoms with Crippen LogP contribution in [0.5, 0.6) is 0 Å². The Hall–Kier alpha value is -2.91. The van der Waals surface area contributed by atoms with Crippen molar-refractivity contribution < 1.29 is 9.53 Å². The highest BCUT2D eigenvalue weighted by Crippen LogP contribution is 2.39. The summed E-state index contributed by atoms with van der Waals surface area (Å²) in [5.74, 6) is 2.06. The number of benzene rings is 1. The van der Waals surface area contributed by atoms with Gasteiger partial charge in [0.05, 0.1) is 13.0 Å². The van der Waals surface area contributed by atoms with Crippen LogP contribution in [0.25, 0.3) is 21.7 Å². The predicted octanol–water partition coefficient (Wildman–Crippen LogP) is 5.42. The molecular weight excluding hydrogens is 508 g/mol. The maximum atomic E-state index is 11.8. The number of carbonyl (C=O) groups is 1. The zero-order valence-corrected chi connectivity index (χ0v) is 23.6. The highest BCUT2D eigenvalue weighted by Gasteiger charge is 2.29. The number of carbonyl (C=O) groups excluding carboxylic acids is 1. The molecule has 3 heterocycles. The Kier molecular flexibility index (Phi) is 8.16. The third-order valence-electron chi connectivity index (χ3n) is 8.80. The third kappa shape index (κ3) is 6.14. The second kappa shape index (κ2) is 12.1. The van der Waals surface area contributed by atoms with Gasteiger partial charge in [-0.05, 0) is 50.0 Å². The van der Waals surface area contributed by atoms with E-state index in [1.807, 2.05) is 12.4 Å². The third-order valence-corrected chi connectivity index (χ3v) is 9.94. The Morgan fingerprint density at radius 3 is 2.21 bits per heavy atom. The number of ether oxygens (including phenoxy) is 1. The molecule has 0 unspecified atom stereocenters. The zero-order chi connectivity index (χ0) is 26.6. The fourth-order valence-corrected chi connectivity index (χ4v) is 7.40. The molecule has 6 rings (SSSR count). The van der Waals surface area contributed by atoms with Crippen LogP contribution in [0.1, 0.15) is 62.3 Å². The second-order valence-corrected chi connectivity index (χ2v) is 12.3. The number of nitrogens with zero attached hydrogens (tertiary/aromatic N) is 6. The Labute approximate surface area is 234 Å². The Morgan fingerprint density at radius 2 is 1.54 bits per heavy atom. The van der Waals surface area contributed by atoms with E-state index in [-0.39, 0.29) is 11.9 Å². The van der Waals surface area contributed by atoms with Crippen molar-refractivity contribution in [1.82, 2.24) is 25.1 Å². The van der Waals surface area contributed by atoms with Gasteiger partial charge in [-0.3, -0.25) is 9.69 Å². The predicted molar refractivity (Wildman–Crippen MR) is 154 cm³/mol. The standard InChI is InChI=1S/C30H38N6O2S/c1-38-29(37)25-12-10-24(11-13-25)28-34-33-27(39-28)23-8-6-22(7-9-23)26-18-31-30(32-19-26)36-16-14-35(15-17-36)20-21-4-2-3-5-21/h6-9,18-19,21,24-25H,2-5,10-17,20H2,1H3. The van der Waals surface area contributed by atoms with Gasteiger partial charge < -0.3 is 9.64 Å². The van der Waals surface area contributed by atoms with Crippen LogP contribution < -0.4 is 4.90 Å². The number of aromatic nitrogens is 4. The van der Waals surface area contributed by atoms with Crippen molar-refractivity contribution in [1.29, 1.82) is 0 Å². The SMILES string of the molecule is COC(=O)C1CCC(c2nnc(-c3ccc(-c4cnc(N5CCN(CC6CCCC6)CC5)nc4)cc3)s2)CC1. The van der Waals surface area contributed by atoms with Crippen molar-refractivity contribution in [3.8, 4) is 21.7 Å². The molecule has 0 N–H and O–H groups in total. The molecule has 0 radical (unpaired) electrons. The van der Waals surface area contributed by atoms with Gasteiger partial charge in [0, 0.05) is 62.2 Å². The van der Waals surface area contributed by atoms with Crippen molar-refractivity contribution in [2.24, 2.45) is 11.8 Å². The minimum absolute atomic E-state index is 0.0284. The lowest BCUT2D eigenvalue weighted by molar-refractivity contribution is -0.146. The fraction of sp³-hybridized carbons (Fsp3) is 0.567. The molecule has 0 atom stereocenters. The summed E-state index contributed by atoms with van der Waals surface area (Å²) in [6.07, 6.45) is 13.2. The quantitative estimate of drug-likeness (QED) is 0.363. The number of anilines is 1. The number of rotatable bonds is 7. The van der Waals surface area contributed by atoms with Gasteiger partial charge in [-0.2, -0.15) is 0 Å². The van der Waals surface area contributed by atoms with E-state index in [4.69, 9.17) is 14.7 Å². The number of hydrogen-bond acceptors (Lipinski definition) is 9. The van der Waals surface area contributed by atoms with E-state index in [9.17, 15) is 4.79 Å². The molecule has 1 aromatic carbocycles. The topological polar surface area (TPSA) is 84.3 Å². The summed E-state index contributed by atoms with van der Waals surface area (Å²) in [6, 6.07) is 8.42. The van der Waals surface area contributed by atoms with Gasteiger partial charge in [0.2, 0.25) is 5.95 Å². The molecule has 0 spiro atoms. The van der Waals surface area contributed by atoms with E-state index in [0.717, 1.165) is 90.4 Å². The average Bonchev–Trinajstić information content (AvgIpc) is 3.71. The summed E-state index contributed by atoms with van der Waals surface area (Å²) >= 11 is 1.66. The Morgan fingerprint density at radius 1 is 0.872 bits per heavy atom. The first-order chi connectivity index (χ1) is 19.2. The summed E-state index contributed by atoms with van der Waals surface area (Å²) < 4.78 is 4.91. The van der Waals surface area contributed by atoms with Gasteiger partial charge >= 0.3 is 5.97 Å². The Bertz CT molecular complexity index is 1230. The molecule has 1 saturated heterocycles. The van der Waals surface area contributed by atoms with Crippen LogP contribution in [0.4, 0.5) is 5.95 Å². The van der Waals surface area contributed by atoms with Crippen LogP contribution in [0.15, 0.2) is 36.7 Å². The number of esters is 1. The average molecular weight is 547 g/mol. The maximum absolute atomic E-state index is 11.8. The highest BCUT2D eigenvalue weighted by atomic mass is 32.1. The number of piperazine rings is 1. The van der Waals surface area contributed by atoms with Crippen LogP contribution in [0, 0.1) is 11.8 Å². The number of methoxy groups -OCH3 is 1. The zero-order valence-electron chi connectivity index (χ0n) is 22.8. The molecule has 2 aliphatic carbocycles. The molecule has 2 saturated carbocycles. The monoisotopic (exact) mass is 546 g/mol. The van der Waals surface area contributed by atoms with Crippen LogP contribution in [0.2, 0.25) is 0 Å². The summed E-state index contributed by atoms with van der Waals surface area (Å²) in [6.45, 7) is 5.46. The smallest absolute Gasteiger partial charge is 0.308 e. The largest absolute Gasteiger partial charge is 0.469 e. The van der Waals surface area contributed by atoms with Crippen molar-refractivity contribution in [3.05, 3.63) is 41.7 Å². The first-order valence-corrected chi connectivity index (χ1v) is 15.3. The van der Waals surface area contributed by atoms with Gasteiger partial charge in [-0.25, -0.2) is 9.97 Å². The van der Waals surface area contributed by atoms with Gasteiger partial charge in [0.25, 0.3) is 0 Å². The summed E-state index contributed by atoms with van der Waals surface area (Å²) in [4.78, 5) is 26.2. The van der Waals surface area contributed by atoms with E-state index in [1.54, 1.807) is 11.3 Å². The maximum Gasteiger partial charge on any atom is 0.308 e. The highest BCUT2D eigenvalue weighted by molar-refractivity contribution is 7.14. The van der Waals surface area contributed by atoms with Crippen molar-refractivity contribution in [2.45, 2.75) is 57.3 Å². The molecule has 0 amide bonds. The molecular formula is C30H38N6O2S. The lowest BCUT2D eigenvalue weighted by Crippen LogP contribution is -2.48.